The number of rotatable bonds is 1. The maximum absolute atomic E-state index is 9.48. The van der Waals surface area contributed by atoms with Crippen LogP contribution in [-0.4, -0.2) is 27.0 Å². The molecule has 2 N–H and O–H groups in total. The Labute approximate surface area is 59.3 Å². The minimum Gasteiger partial charge on any atom is -0.389 e. The molecule has 1 rings (SSSR count). The van der Waals surface area contributed by atoms with E-state index in [9.17, 15) is 5.11 Å². The third-order valence-corrected chi connectivity index (χ3v) is 3.22. The van der Waals surface area contributed by atoms with Gasteiger partial charge in [0.05, 0.1) is 6.10 Å². The van der Waals surface area contributed by atoms with E-state index in [4.69, 9.17) is 5.11 Å². The molecule has 0 aromatic rings. The van der Waals surface area contributed by atoms with E-state index >= 15 is 0 Å². The molecule has 54 valence electrons. The molecule has 2 atom stereocenters. The van der Waals surface area contributed by atoms with Crippen LogP contribution in [0.15, 0.2) is 0 Å². The van der Waals surface area contributed by atoms with E-state index in [0.717, 1.165) is 18.6 Å². The molecule has 1 aliphatic heterocycles. The first-order valence-electron chi connectivity index (χ1n) is 3.19. The second-order valence-electron chi connectivity index (χ2n) is 2.47. The molecule has 0 radical (unpaired) electrons. The monoisotopic (exact) mass is 148 g/mol. The minimum atomic E-state index is -0.833. The smallest absolute Gasteiger partial charge is 0.136 e. The molecule has 0 bridgehead atoms. The standard InChI is InChI=1S/C6H12O2S/c1-5(7)6(8)3-2-4-9-6/h5,7-8H,2-4H2,1H3. The Morgan fingerprint density at radius 3 is 2.56 bits per heavy atom. The van der Waals surface area contributed by atoms with Crippen LogP contribution in [0.25, 0.3) is 0 Å². The minimum absolute atomic E-state index is 0.593. The Bertz CT molecular complexity index is 97.2. The molecular weight excluding hydrogens is 136 g/mol. The van der Waals surface area contributed by atoms with Crippen molar-refractivity contribution in [1.29, 1.82) is 0 Å². The number of thioether (sulfide) groups is 1. The van der Waals surface area contributed by atoms with Crippen molar-refractivity contribution in [3.8, 4) is 0 Å². The highest BCUT2D eigenvalue weighted by molar-refractivity contribution is 8.00. The van der Waals surface area contributed by atoms with Gasteiger partial charge in [-0.05, 0) is 25.5 Å². The molecule has 0 saturated carbocycles. The number of aliphatic hydroxyl groups is 2. The summed E-state index contributed by atoms with van der Waals surface area (Å²) in [6.07, 6.45) is 1.16. The van der Waals surface area contributed by atoms with Gasteiger partial charge in [-0.15, -0.1) is 11.8 Å². The molecule has 3 heteroatoms. The van der Waals surface area contributed by atoms with Crippen molar-refractivity contribution >= 4 is 11.8 Å². The van der Waals surface area contributed by atoms with E-state index in [-0.39, 0.29) is 0 Å². The zero-order valence-corrected chi connectivity index (χ0v) is 6.32. The Kier molecular flexibility index (Phi) is 2.03. The summed E-state index contributed by atoms with van der Waals surface area (Å²) in [5.41, 5.74) is 0. The van der Waals surface area contributed by atoms with Crippen LogP contribution < -0.4 is 0 Å². The topological polar surface area (TPSA) is 40.5 Å². The van der Waals surface area contributed by atoms with Gasteiger partial charge in [0.15, 0.2) is 0 Å². The lowest BCUT2D eigenvalue weighted by atomic mass is 10.1. The lowest BCUT2D eigenvalue weighted by molar-refractivity contribution is 0.00347. The lowest BCUT2D eigenvalue weighted by Crippen LogP contribution is -2.33. The van der Waals surface area contributed by atoms with Gasteiger partial charge in [-0.2, -0.15) is 0 Å². The molecule has 0 aliphatic carbocycles. The molecule has 0 amide bonds. The van der Waals surface area contributed by atoms with Crippen molar-refractivity contribution in [1.82, 2.24) is 0 Å². The highest BCUT2D eigenvalue weighted by Gasteiger charge is 2.36. The zero-order valence-electron chi connectivity index (χ0n) is 5.50. The predicted octanol–water partition coefficient (Wildman–Crippen LogP) is 0.583. The van der Waals surface area contributed by atoms with Crippen LogP contribution in [0.1, 0.15) is 19.8 Å². The summed E-state index contributed by atoms with van der Waals surface area (Å²) in [5, 5.41) is 18.5. The molecular formula is C6H12O2S. The van der Waals surface area contributed by atoms with Crippen LogP contribution in [0.5, 0.6) is 0 Å². The molecule has 0 spiro atoms. The Morgan fingerprint density at radius 1 is 1.67 bits per heavy atom. The van der Waals surface area contributed by atoms with E-state index < -0.39 is 11.0 Å². The fourth-order valence-electron chi connectivity index (χ4n) is 0.976. The molecule has 1 saturated heterocycles. The van der Waals surface area contributed by atoms with E-state index in [1.807, 2.05) is 0 Å². The summed E-state index contributed by atoms with van der Waals surface area (Å²) < 4.78 is 0. The van der Waals surface area contributed by atoms with Crippen molar-refractivity contribution in [2.24, 2.45) is 0 Å². The quantitative estimate of drug-likeness (QED) is 0.571. The second kappa shape index (κ2) is 2.48. The third-order valence-electron chi connectivity index (χ3n) is 1.68. The Balaban J connectivity index is 2.51. The predicted molar refractivity (Wildman–Crippen MR) is 38.3 cm³/mol. The SMILES string of the molecule is CC(O)C1(O)CCCS1. The summed E-state index contributed by atoms with van der Waals surface area (Å²) in [7, 11) is 0. The third kappa shape index (κ3) is 1.39. The molecule has 1 aliphatic rings. The number of hydrogen-bond donors (Lipinski definition) is 2. The fourth-order valence-corrected chi connectivity index (χ4v) is 2.15. The molecule has 0 aromatic heterocycles. The first-order chi connectivity index (χ1) is 4.15. The fraction of sp³-hybridized carbons (Fsp3) is 1.00. The first-order valence-corrected chi connectivity index (χ1v) is 4.18. The summed E-state index contributed by atoms with van der Waals surface area (Å²) in [4.78, 5) is -0.833. The maximum Gasteiger partial charge on any atom is 0.136 e. The van der Waals surface area contributed by atoms with Crippen LogP contribution in [0.4, 0.5) is 0 Å². The molecule has 9 heavy (non-hydrogen) atoms. The van der Waals surface area contributed by atoms with Gasteiger partial charge in [0.2, 0.25) is 0 Å². The van der Waals surface area contributed by atoms with Gasteiger partial charge in [-0.25, -0.2) is 0 Å². The van der Waals surface area contributed by atoms with Crippen LogP contribution in [0.2, 0.25) is 0 Å². The Hall–Kier alpha value is 0.270. The van der Waals surface area contributed by atoms with E-state index in [1.54, 1.807) is 6.92 Å². The maximum atomic E-state index is 9.48. The number of aliphatic hydroxyl groups excluding tert-OH is 1. The zero-order chi connectivity index (χ0) is 6.91. The van der Waals surface area contributed by atoms with Crippen molar-refractivity contribution in [2.75, 3.05) is 5.75 Å². The van der Waals surface area contributed by atoms with Crippen LogP contribution in [0.3, 0.4) is 0 Å². The van der Waals surface area contributed by atoms with E-state index in [2.05, 4.69) is 0 Å². The van der Waals surface area contributed by atoms with Crippen molar-refractivity contribution < 1.29 is 10.2 Å². The second-order valence-corrected chi connectivity index (χ2v) is 3.88. The van der Waals surface area contributed by atoms with Gasteiger partial charge in [-0.1, -0.05) is 0 Å². The molecule has 1 fully saturated rings. The highest BCUT2D eigenvalue weighted by Crippen LogP contribution is 2.37. The van der Waals surface area contributed by atoms with E-state index in [1.165, 1.54) is 11.8 Å². The molecule has 2 nitrogen and oxygen atoms in total. The van der Waals surface area contributed by atoms with Crippen LogP contribution in [-0.2, 0) is 0 Å². The average molecular weight is 148 g/mol. The molecule has 0 aromatic carbocycles. The van der Waals surface area contributed by atoms with Gasteiger partial charge in [0, 0.05) is 0 Å². The normalized spacial score (nSPS) is 39.0. The molecule has 2 unspecified atom stereocenters. The molecule has 1 heterocycles. The van der Waals surface area contributed by atoms with Crippen LogP contribution >= 0.6 is 11.8 Å². The van der Waals surface area contributed by atoms with Gasteiger partial charge in [-0.3, -0.25) is 0 Å². The number of hydrogen-bond acceptors (Lipinski definition) is 3. The average Bonchev–Trinajstić information content (AvgIpc) is 2.16. The van der Waals surface area contributed by atoms with Gasteiger partial charge in [0.25, 0.3) is 0 Å². The largest absolute Gasteiger partial charge is 0.389 e. The van der Waals surface area contributed by atoms with Gasteiger partial charge >= 0.3 is 0 Å². The summed E-state index contributed by atoms with van der Waals surface area (Å²) >= 11 is 1.46. The first kappa shape index (κ1) is 7.38. The summed E-state index contributed by atoms with van der Waals surface area (Å²) in [6.45, 7) is 1.64. The van der Waals surface area contributed by atoms with Crippen molar-refractivity contribution in [3.05, 3.63) is 0 Å². The van der Waals surface area contributed by atoms with E-state index in [0.29, 0.717) is 0 Å². The van der Waals surface area contributed by atoms with Gasteiger partial charge < -0.3 is 10.2 Å². The Morgan fingerprint density at radius 2 is 2.33 bits per heavy atom. The van der Waals surface area contributed by atoms with Crippen LogP contribution in [0, 0.1) is 0 Å². The van der Waals surface area contributed by atoms with Crippen molar-refractivity contribution in [2.45, 2.75) is 30.8 Å². The van der Waals surface area contributed by atoms with Gasteiger partial charge in [0.1, 0.15) is 4.93 Å². The van der Waals surface area contributed by atoms with Crippen molar-refractivity contribution in [3.63, 3.8) is 0 Å². The summed E-state index contributed by atoms with van der Waals surface area (Å²) in [5.74, 6) is 0.974. The summed E-state index contributed by atoms with van der Waals surface area (Å²) in [6, 6.07) is 0. The highest BCUT2D eigenvalue weighted by atomic mass is 32.2. The lowest BCUT2D eigenvalue weighted by Gasteiger charge is -2.23.